The number of benzene rings is 1. The topological polar surface area (TPSA) is 66.4 Å². The Morgan fingerprint density at radius 1 is 1.33 bits per heavy atom. The summed E-state index contributed by atoms with van der Waals surface area (Å²) in [7, 11) is 0. The average molecular weight is 354 g/mol. The number of carboxylic acids is 1. The number of amides is 1. The van der Waals surface area contributed by atoms with Crippen LogP contribution in [0.25, 0.3) is 0 Å². The Morgan fingerprint density at radius 3 is 2.62 bits per heavy atom. The lowest BCUT2D eigenvalue weighted by atomic mass is 9.94. The zero-order valence-corrected chi connectivity index (χ0v) is 13.8. The first-order valence-electron chi connectivity index (χ1n) is 7.17. The maximum atomic E-state index is 12.4. The molecule has 0 spiro atoms. The minimum absolute atomic E-state index is 0.139. The molecule has 0 radical (unpaired) electrons. The first-order valence-corrected chi connectivity index (χ1v) is 7.96. The largest absolute Gasteiger partial charge is 0.481 e. The molecule has 1 fully saturated rings. The van der Waals surface area contributed by atoms with Gasteiger partial charge in [0.15, 0.2) is 0 Å². The van der Waals surface area contributed by atoms with Crippen LogP contribution in [0.2, 0.25) is 0 Å². The molecule has 0 bridgehead atoms. The molecule has 0 aliphatic heterocycles. The molecule has 0 saturated heterocycles. The van der Waals surface area contributed by atoms with Crippen molar-refractivity contribution in [3.05, 3.63) is 34.3 Å². The number of hydrogen-bond acceptors (Lipinski definition) is 2. The third-order valence-electron chi connectivity index (χ3n) is 4.16. The number of aliphatic carboxylic acids is 1. The fraction of sp³-hybridized carbons (Fsp3) is 0.500. The summed E-state index contributed by atoms with van der Waals surface area (Å²) in [5.74, 6) is -1.72. The van der Waals surface area contributed by atoms with Gasteiger partial charge in [0.05, 0.1) is 17.9 Å². The monoisotopic (exact) mass is 353 g/mol. The van der Waals surface area contributed by atoms with Gasteiger partial charge in [0.1, 0.15) is 0 Å². The second-order valence-corrected chi connectivity index (χ2v) is 6.83. The van der Waals surface area contributed by atoms with Crippen LogP contribution < -0.4 is 5.32 Å². The van der Waals surface area contributed by atoms with Crippen molar-refractivity contribution in [2.24, 2.45) is 17.8 Å². The van der Waals surface area contributed by atoms with E-state index in [-0.39, 0.29) is 17.9 Å². The summed E-state index contributed by atoms with van der Waals surface area (Å²) in [5, 5.41) is 12.2. The van der Waals surface area contributed by atoms with Gasteiger partial charge in [0.25, 0.3) is 0 Å². The predicted molar refractivity (Wildman–Crippen MR) is 83.7 cm³/mol. The Balaban J connectivity index is 2.05. The standard InChI is InChI=1S/C16H20BrNO3/c1-9-6-13(14(7-9)16(20)21)15(19)18-10(2)11-4-3-5-12(17)8-11/h3-5,8-10,13-14H,6-7H2,1-2H3,(H,18,19)(H,20,21). The molecule has 1 amide bonds. The highest BCUT2D eigenvalue weighted by molar-refractivity contribution is 9.10. The quantitative estimate of drug-likeness (QED) is 0.871. The summed E-state index contributed by atoms with van der Waals surface area (Å²) in [4.78, 5) is 23.7. The van der Waals surface area contributed by atoms with Crippen molar-refractivity contribution < 1.29 is 14.7 Å². The molecule has 4 atom stereocenters. The molecular formula is C16H20BrNO3. The number of carboxylic acid groups (broad SMARTS) is 1. The molecule has 4 unspecified atom stereocenters. The third-order valence-corrected chi connectivity index (χ3v) is 4.65. The van der Waals surface area contributed by atoms with Gasteiger partial charge in [-0.3, -0.25) is 9.59 Å². The number of rotatable bonds is 4. The molecule has 114 valence electrons. The first-order chi connectivity index (χ1) is 9.88. The van der Waals surface area contributed by atoms with Crippen LogP contribution in [-0.4, -0.2) is 17.0 Å². The van der Waals surface area contributed by atoms with E-state index in [9.17, 15) is 14.7 Å². The van der Waals surface area contributed by atoms with Crippen LogP contribution in [0.5, 0.6) is 0 Å². The van der Waals surface area contributed by atoms with Crippen LogP contribution in [0.4, 0.5) is 0 Å². The molecule has 0 heterocycles. The van der Waals surface area contributed by atoms with Gasteiger partial charge in [0, 0.05) is 4.47 Å². The first kappa shape index (κ1) is 16.0. The van der Waals surface area contributed by atoms with Gasteiger partial charge in [0.2, 0.25) is 5.91 Å². The zero-order chi connectivity index (χ0) is 15.6. The van der Waals surface area contributed by atoms with Gasteiger partial charge in [-0.15, -0.1) is 0 Å². The molecule has 4 nitrogen and oxygen atoms in total. The lowest BCUT2D eigenvalue weighted by Crippen LogP contribution is -2.36. The SMILES string of the molecule is CC1CC(C(=O)O)C(C(=O)NC(C)c2cccc(Br)c2)C1. The number of nitrogens with one attached hydrogen (secondary N) is 1. The van der Waals surface area contributed by atoms with Crippen LogP contribution in [0, 0.1) is 17.8 Å². The van der Waals surface area contributed by atoms with Crippen LogP contribution in [0.3, 0.4) is 0 Å². The van der Waals surface area contributed by atoms with Gasteiger partial charge in [-0.1, -0.05) is 35.0 Å². The van der Waals surface area contributed by atoms with Crippen molar-refractivity contribution >= 4 is 27.8 Å². The van der Waals surface area contributed by atoms with E-state index in [0.717, 1.165) is 10.0 Å². The Bertz CT molecular complexity index is 546. The molecular weight excluding hydrogens is 334 g/mol. The van der Waals surface area contributed by atoms with E-state index in [1.54, 1.807) is 0 Å². The third kappa shape index (κ3) is 3.84. The van der Waals surface area contributed by atoms with E-state index < -0.39 is 17.8 Å². The number of carbonyl (C=O) groups excluding carboxylic acids is 1. The Kier molecular flexibility index (Phi) is 5.04. The van der Waals surface area contributed by atoms with Crippen molar-refractivity contribution in [3.63, 3.8) is 0 Å². The van der Waals surface area contributed by atoms with Crippen molar-refractivity contribution in [1.29, 1.82) is 0 Å². The molecule has 2 rings (SSSR count). The molecule has 0 aromatic heterocycles. The highest BCUT2D eigenvalue weighted by atomic mass is 79.9. The normalized spacial score (nSPS) is 26.3. The average Bonchev–Trinajstić information content (AvgIpc) is 2.81. The second-order valence-electron chi connectivity index (χ2n) is 5.91. The van der Waals surface area contributed by atoms with Gasteiger partial charge >= 0.3 is 5.97 Å². The molecule has 1 aliphatic rings. The minimum atomic E-state index is -0.866. The fourth-order valence-electron chi connectivity index (χ4n) is 3.03. The smallest absolute Gasteiger partial charge is 0.307 e. The number of halogens is 1. The molecule has 1 aromatic carbocycles. The highest BCUT2D eigenvalue weighted by Gasteiger charge is 2.41. The molecule has 2 N–H and O–H groups in total. The Hall–Kier alpha value is -1.36. The summed E-state index contributed by atoms with van der Waals surface area (Å²) < 4.78 is 0.957. The van der Waals surface area contributed by atoms with E-state index in [0.29, 0.717) is 12.8 Å². The van der Waals surface area contributed by atoms with Gasteiger partial charge in [-0.25, -0.2) is 0 Å². The van der Waals surface area contributed by atoms with Gasteiger partial charge < -0.3 is 10.4 Å². The highest BCUT2D eigenvalue weighted by Crippen LogP contribution is 2.37. The van der Waals surface area contributed by atoms with Crippen LogP contribution in [-0.2, 0) is 9.59 Å². The van der Waals surface area contributed by atoms with Gasteiger partial charge in [-0.05, 0) is 43.4 Å². The molecule has 5 heteroatoms. The van der Waals surface area contributed by atoms with Crippen LogP contribution in [0.1, 0.15) is 38.3 Å². The van der Waals surface area contributed by atoms with E-state index in [4.69, 9.17) is 0 Å². The van der Waals surface area contributed by atoms with Crippen molar-refractivity contribution in [3.8, 4) is 0 Å². The van der Waals surface area contributed by atoms with E-state index in [1.807, 2.05) is 38.1 Å². The second kappa shape index (κ2) is 6.60. The van der Waals surface area contributed by atoms with E-state index >= 15 is 0 Å². The molecule has 1 aliphatic carbocycles. The predicted octanol–water partition coefficient (Wildman–Crippen LogP) is 3.37. The Morgan fingerprint density at radius 2 is 2.00 bits per heavy atom. The van der Waals surface area contributed by atoms with Crippen LogP contribution >= 0.6 is 15.9 Å². The van der Waals surface area contributed by atoms with Crippen molar-refractivity contribution in [2.45, 2.75) is 32.7 Å². The van der Waals surface area contributed by atoms with Crippen LogP contribution in [0.15, 0.2) is 28.7 Å². The minimum Gasteiger partial charge on any atom is -0.481 e. The molecule has 21 heavy (non-hydrogen) atoms. The summed E-state index contributed by atoms with van der Waals surface area (Å²) in [5.41, 5.74) is 0.996. The summed E-state index contributed by atoms with van der Waals surface area (Å²) in [6.07, 6.45) is 1.23. The molecule has 1 saturated carbocycles. The fourth-order valence-corrected chi connectivity index (χ4v) is 3.45. The summed E-state index contributed by atoms with van der Waals surface area (Å²) >= 11 is 3.41. The number of carbonyl (C=O) groups is 2. The lowest BCUT2D eigenvalue weighted by molar-refractivity contribution is -0.146. The van der Waals surface area contributed by atoms with E-state index in [2.05, 4.69) is 21.2 Å². The maximum Gasteiger partial charge on any atom is 0.307 e. The zero-order valence-electron chi connectivity index (χ0n) is 12.2. The number of hydrogen-bond donors (Lipinski definition) is 2. The lowest BCUT2D eigenvalue weighted by Gasteiger charge is -2.20. The van der Waals surface area contributed by atoms with Crippen molar-refractivity contribution in [1.82, 2.24) is 5.32 Å². The Labute approximate surface area is 133 Å². The maximum absolute atomic E-state index is 12.4. The van der Waals surface area contributed by atoms with Gasteiger partial charge in [-0.2, -0.15) is 0 Å². The summed E-state index contributed by atoms with van der Waals surface area (Å²) in [6.45, 7) is 3.91. The summed E-state index contributed by atoms with van der Waals surface area (Å²) in [6, 6.07) is 7.61. The molecule has 1 aromatic rings. The van der Waals surface area contributed by atoms with E-state index in [1.165, 1.54) is 0 Å². The van der Waals surface area contributed by atoms with Crippen molar-refractivity contribution in [2.75, 3.05) is 0 Å².